The Balaban J connectivity index is 0.000000225. The number of benzene rings is 1. The summed E-state index contributed by atoms with van der Waals surface area (Å²) >= 11 is 3.98. The second-order valence-electron chi connectivity index (χ2n) is 4.74. The third-order valence-electron chi connectivity index (χ3n) is 3.28. The first-order valence-corrected chi connectivity index (χ1v) is 9.44. The number of nitrogens with one attached hydrogen (secondary N) is 1. The van der Waals surface area contributed by atoms with Gasteiger partial charge in [0, 0.05) is 67.0 Å². The van der Waals surface area contributed by atoms with Crippen LogP contribution in [0.5, 0.6) is 0 Å². The Labute approximate surface area is 134 Å². The van der Waals surface area contributed by atoms with Crippen molar-refractivity contribution in [1.82, 2.24) is 5.32 Å². The number of nitrogens with zero attached hydrogens (tertiary/aromatic N) is 2. The van der Waals surface area contributed by atoms with Gasteiger partial charge < -0.3 is 10.2 Å². The Morgan fingerprint density at radius 3 is 2.00 bits per heavy atom. The van der Waals surface area contributed by atoms with Gasteiger partial charge in [0.1, 0.15) is 0 Å². The van der Waals surface area contributed by atoms with Crippen LogP contribution in [0.2, 0.25) is 0 Å². The fraction of sp³-hybridized carbons (Fsp3) is 0.571. The SMILES string of the molecule is C1CSCCN1.O=[N+]([O-])c1ccc(N2CCSCC2)cc1. The summed E-state index contributed by atoms with van der Waals surface area (Å²) in [6.45, 7) is 4.49. The molecule has 0 spiro atoms. The van der Waals surface area contributed by atoms with Gasteiger partial charge in [0.25, 0.3) is 5.69 Å². The molecule has 2 heterocycles. The molecule has 21 heavy (non-hydrogen) atoms. The number of nitro groups is 1. The summed E-state index contributed by atoms with van der Waals surface area (Å²) in [6.07, 6.45) is 0. The highest BCUT2D eigenvalue weighted by molar-refractivity contribution is 7.99. The molecule has 1 aromatic rings. The molecule has 0 saturated carbocycles. The van der Waals surface area contributed by atoms with E-state index in [9.17, 15) is 10.1 Å². The van der Waals surface area contributed by atoms with Gasteiger partial charge in [-0.05, 0) is 12.1 Å². The largest absolute Gasteiger partial charge is 0.370 e. The van der Waals surface area contributed by atoms with Crippen LogP contribution in [0.25, 0.3) is 0 Å². The van der Waals surface area contributed by atoms with E-state index in [0.717, 1.165) is 30.3 Å². The first-order valence-electron chi connectivity index (χ1n) is 7.13. The lowest BCUT2D eigenvalue weighted by molar-refractivity contribution is -0.384. The number of hydrogen-bond donors (Lipinski definition) is 1. The molecule has 0 amide bonds. The van der Waals surface area contributed by atoms with E-state index in [4.69, 9.17) is 0 Å². The van der Waals surface area contributed by atoms with Gasteiger partial charge in [-0.2, -0.15) is 23.5 Å². The zero-order chi connectivity index (χ0) is 14.9. The van der Waals surface area contributed by atoms with Crippen molar-refractivity contribution in [2.24, 2.45) is 0 Å². The van der Waals surface area contributed by atoms with Crippen molar-refractivity contribution in [3.63, 3.8) is 0 Å². The lowest BCUT2D eigenvalue weighted by Crippen LogP contribution is -2.32. The van der Waals surface area contributed by atoms with Gasteiger partial charge in [0.05, 0.1) is 4.92 Å². The molecule has 0 bridgehead atoms. The Bertz CT molecular complexity index is 421. The van der Waals surface area contributed by atoms with E-state index in [-0.39, 0.29) is 10.6 Å². The quantitative estimate of drug-likeness (QED) is 0.665. The van der Waals surface area contributed by atoms with Crippen LogP contribution in [0, 0.1) is 10.1 Å². The molecule has 0 aliphatic carbocycles. The van der Waals surface area contributed by atoms with E-state index in [1.165, 1.54) is 24.6 Å². The molecule has 0 radical (unpaired) electrons. The molecule has 2 aliphatic rings. The van der Waals surface area contributed by atoms with Crippen LogP contribution in [-0.2, 0) is 0 Å². The summed E-state index contributed by atoms with van der Waals surface area (Å²) in [6, 6.07) is 6.79. The number of nitro benzene ring substituents is 1. The molecule has 7 heteroatoms. The predicted octanol–water partition coefficient (Wildman–Crippen LogP) is 2.47. The standard InChI is InChI=1S/C10H12N2O2S.C4H9NS/c13-12(14)10-3-1-9(2-4-10)11-5-7-15-8-6-11;1-3-6-4-2-5-1/h1-4H,5-8H2;5H,1-4H2. The van der Waals surface area contributed by atoms with Crippen molar-refractivity contribution in [3.05, 3.63) is 34.4 Å². The maximum atomic E-state index is 10.5. The molecular weight excluding hydrogens is 306 g/mol. The summed E-state index contributed by atoms with van der Waals surface area (Å²) in [5.74, 6) is 4.88. The van der Waals surface area contributed by atoms with Crippen molar-refractivity contribution < 1.29 is 4.92 Å². The van der Waals surface area contributed by atoms with Gasteiger partial charge in [-0.25, -0.2) is 0 Å². The summed E-state index contributed by atoms with van der Waals surface area (Å²) in [7, 11) is 0. The van der Waals surface area contributed by atoms with E-state index < -0.39 is 0 Å². The number of non-ortho nitro benzene ring substituents is 1. The Hall–Kier alpha value is -0.920. The smallest absolute Gasteiger partial charge is 0.269 e. The molecule has 0 atom stereocenters. The second-order valence-corrected chi connectivity index (χ2v) is 7.18. The van der Waals surface area contributed by atoms with Gasteiger partial charge in [0.2, 0.25) is 0 Å². The molecule has 1 N–H and O–H groups in total. The minimum atomic E-state index is -0.365. The molecule has 0 unspecified atom stereocenters. The normalized spacial score (nSPS) is 18.6. The second kappa shape index (κ2) is 9.17. The van der Waals surface area contributed by atoms with Crippen LogP contribution < -0.4 is 10.2 Å². The van der Waals surface area contributed by atoms with Crippen molar-refractivity contribution in [2.75, 3.05) is 54.1 Å². The van der Waals surface area contributed by atoms with Crippen LogP contribution in [0.1, 0.15) is 0 Å². The Morgan fingerprint density at radius 2 is 1.57 bits per heavy atom. The fourth-order valence-electron chi connectivity index (χ4n) is 2.12. The predicted molar refractivity (Wildman–Crippen MR) is 92.8 cm³/mol. The van der Waals surface area contributed by atoms with Crippen LogP contribution in [0.3, 0.4) is 0 Å². The lowest BCUT2D eigenvalue weighted by atomic mass is 10.2. The number of anilines is 1. The molecule has 2 aliphatic heterocycles. The fourth-order valence-corrected chi connectivity index (χ4v) is 3.81. The summed E-state index contributed by atoms with van der Waals surface area (Å²) in [5.41, 5.74) is 1.24. The maximum absolute atomic E-state index is 10.5. The monoisotopic (exact) mass is 327 g/mol. The van der Waals surface area contributed by atoms with Crippen molar-refractivity contribution in [1.29, 1.82) is 0 Å². The van der Waals surface area contributed by atoms with E-state index in [2.05, 4.69) is 10.2 Å². The highest BCUT2D eigenvalue weighted by Gasteiger charge is 2.12. The van der Waals surface area contributed by atoms with Crippen LogP contribution in [0.15, 0.2) is 24.3 Å². The van der Waals surface area contributed by atoms with Gasteiger partial charge in [-0.15, -0.1) is 0 Å². The average molecular weight is 327 g/mol. The molecule has 0 aromatic heterocycles. The number of thioether (sulfide) groups is 2. The number of hydrogen-bond acceptors (Lipinski definition) is 6. The van der Waals surface area contributed by atoms with Crippen LogP contribution in [-0.4, -0.2) is 54.1 Å². The van der Waals surface area contributed by atoms with Gasteiger partial charge in [-0.1, -0.05) is 0 Å². The van der Waals surface area contributed by atoms with E-state index in [1.54, 1.807) is 12.1 Å². The molecule has 2 fully saturated rings. The van der Waals surface area contributed by atoms with Gasteiger partial charge in [0.15, 0.2) is 0 Å². The third-order valence-corrected chi connectivity index (χ3v) is 5.21. The average Bonchev–Trinajstić information content (AvgIpc) is 2.58. The van der Waals surface area contributed by atoms with E-state index in [0.29, 0.717) is 0 Å². The first-order chi connectivity index (χ1) is 10.3. The zero-order valence-electron chi connectivity index (χ0n) is 12.0. The van der Waals surface area contributed by atoms with E-state index >= 15 is 0 Å². The third kappa shape index (κ3) is 5.76. The summed E-state index contributed by atoms with van der Waals surface area (Å²) in [5, 5.41) is 13.7. The van der Waals surface area contributed by atoms with E-state index in [1.807, 2.05) is 35.7 Å². The maximum Gasteiger partial charge on any atom is 0.269 e. The number of rotatable bonds is 2. The molecule has 116 valence electrons. The minimum Gasteiger partial charge on any atom is -0.370 e. The summed E-state index contributed by atoms with van der Waals surface area (Å²) < 4.78 is 0. The minimum absolute atomic E-state index is 0.158. The zero-order valence-corrected chi connectivity index (χ0v) is 13.6. The first kappa shape index (κ1) is 16.5. The molecule has 2 saturated heterocycles. The molecule has 3 rings (SSSR count). The van der Waals surface area contributed by atoms with Crippen LogP contribution in [0.4, 0.5) is 11.4 Å². The Kier molecular flexibility index (Phi) is 7.18. The van der Waals surface area contributed by atoms with Crippen molar-refractivity contribution >= 4 is 34.9 Å². The molecular formula is C14H21N3O2S2. The molecule has 5 nitrogen and oxygen atoms in total. The van der Waals surface area contributed by atoms with Gasteiger partial charge in [-0.3, -0.25) is 10.1 Å². The van der Waals surface area contributed by atoms with Crippen molar-refractivity contribution in [3.8, 4) is 0 Å². The topological polar surface area (TPSA) is 58.4 Å². The highest BCUT2D eigenvalue weighted by Crippen LogP contribution is 2.22. The summed E-state index contributed by atoms with van der Waals surface area (Å²) in [4.78, 5) is 12.4. The molecule has 1 aromatic carbocycles. The lowest BCUT2D eigenvalue weighted by Gasteiger charge is -2.28. The van der Waals surface area contributed by atoms with Crippen molar-refractivity contribution in [2.45, 2.75) is 0 Å². The van der Waals surface area contributed by atoms with Crippen LogP contribution >= 0.6 is 23.5 Å². The highest BCUT2D eigenvalue weighted by atomic mass is 32.2. The Morgan fingerprint density at radius 1 is 1.00 bits per heavy atom. The van der Waals surface area contributed by atoms with Gasteiger partial charge >= 0.3 is 0 Å².